The molecule has 0 bridgehead atoms. The molecule has 0 aliphatic carbocycles. The van der Waals surface area contributed by atoms with E-state index in [1.54, 1.807) is 25.4 Å². The second-order valence-corrected chi connectivity index (χ2v) is 4.94. The Morgan fingerprint density at radius 1 is 1.60 bits per heavy atom. The molecular weight excluding hydrogens is 214 g/mol. The van der Waals surface area contributed by atoms with Crippen molar-refractivity contribution >= 4 is 17.3 Å². The third-order valence-corrected chi connectivity index (χ3v) is 3.40. The summed E-state index contributed by atoms with van der Waals surface area (Å²) in [6, 6.07) is 0. The molecule has 0 aliphatic heterocycles. The molecule has 1 aromatic rings. The van der Waals surface area contributed by atoms with E-state index in [9.17, 15) is 9.90 Å². The molecule has 1 rings (SSSR count). The first kappa shape index (κ1) is 12.1. The lowest BCUT2D eigenvalue weighted by Crippen LogP contribution is -2.40. The van der Waals surface area contributed by atoms with Crippen LogP contribution in [0.15, 0.2) is 11.6 Å². The molecular formula is C10H15NO3S. The molecule has 2 unspecified atom stereocenters. The van der Waals surface area contributed by atoms with Gasteiger partial charge in [-0.15, -0.1) is 11.3 Å². The number of carboxylic acids is 1. The van der Waals surface area contributed by atoms with E-state index < -0.39 is 17.5 Å². The van der Waals surface area contributed by atoms with Crippen LogP contribution in [0.25, 0.3) is 0 Å². The molecule has 0 spiro atoms. The number of rotatable bonds is 4. The highest BCUT2D eigenvalue weighted by atomic mass is 32.1. The topological polar surface area (TPSA) is 70.4 Å². The number of aliphatic hydroxyl groups is 1. The first-order chi connectivity index (χ1) is 6.87. The molecule has 84 valence electrons. The number of aliphatic carboxylic acids is 1. The zero-order valence-corrected chi connectivity index (χ0v) is 9.78. The van der Waals surface area contributed by atoms with Crippen LogP contribution in [0.4, 0.5) is 0 Å². The van der Waals surface area contributed by atoms with Crippen molar-refractivity contribution in [1.29, 1.82) is 0 Å². The van der Waals surface area contributed by atoms with E-state index in [2.05, 4.69) is 4.98 Å². The van der Waals surface area contributed by atoms with Gasteiger partial charge in [0.2, 0.25) is 0 Å². The predicted molar refractivity (Wildman–Crippen MR) is 57.6 cm³/mol. The maximum atomic E-state index is 11.1. The van der Waals surface area contributed by atoms with E-state index in [4.69, 9.17) is 5.11 Å². The first-order valence-electron chi connectivity index (χ1n) is 4.72. The number of aromatic nitrogens is 1. The van der Waals surface area contributed by atoms with Gasteiger partial charge in [0.05, 0.1) is 5.92 Å². The Hall–Kier alpha value is -0.940. The monoisotopic (exact) mass is 229 g/mol. The molecule has 15 heavy (non-hydrogen) atoms. The highest BCUT2D eigenvalue weighted by Crippen LogP contribution is 2.35. The summed E-state index contributed by atoms with van der Waals surface area (Å²) in [5.41, 5.74) is -1.41. The van der Waals surface area contributed by atoms with Crippen molar-refractivity contribution in [3.8, 4) is 0 Å². The molecule has 0 aliphatic rings. The second kappa shape index (κ2) is 4.28. The Morgan fingerprint density at radius 3 is 2.53 bits per heavy atom. The van der Waals surface area contributed by atoms with Crippen LogP contribution >= 0.6 is 11.3 Å². The summed E-state index contributed by atoms with van der Waals surface area (Å²) in [6.45, 7) is 5.06. The fourth-order valence-corrected chi connectivity index (χ4v) is 2.52. The summed E-state index contributed by atoms with van der Waals surface area (Å²) >= 11 is 1.27. The normalized spacial score (nSPS) is 17.4. The standard InChI is InChI=1S/C10H15NO3S/c1-6(2)7(8(12)13)10(3,14)9-11-4-5-15-9/h4-7,14H,1-3H3,(H,12,13). The maximum absolute atomic E-state index is 11.1. The summed E-state index contributed by atoms with van der Waals surface area (Å²) in [6.07, 6.45) is 1.56. The minimum atomic E-state index is -1.41. The minimum absolute atomic E-state index is 0.151. The van der Waals surface area contributed by atoms with Gasteiger partial charge in [0.25, 0.3) is 0 Å². The lowest BCUT2D eigenvalue weighted by Gasteiger charge is -2.30. The smallest absolute Gasteiger partial charge is 0.310 e. The maximum Gasteiger partial charge on any atom is 0.310 e. The quantitative estimate of drug-likeness (QED) is 0.824. The van der Waals surface area contributed by atoms with E-state index >= 15 is 0 Å². The molecule has 4 nitrogen and oxygen atoms in total. The third kappa shape index (κ3) is 2.35. The van der Waals surface area contributed by atoms with Crippen LogP contribution in [0.3, 0.4) is 0 Å². The van der Waals surface area contributed by atoms with Crippen LogP contribution in [0.1, 0.15) is 25.8 Å². The van der Waals surface area contributed by atoms with Crippen molar-refractivity contribution in [3.63, 3.8) is 0 Å². The Kier molecular flexibility index (Phi) is 3.46. The average molecular weight is 229 g/mol. The summed E-state index contributed by atoms with van der Waals surface area (Å²) in [5.74, 6) is -1.99. The largest absolute Gasteiger partial charge is 0.481 e. The zero-order chi connectivity index (χ0) is 11.6. The van der Waals surface area contributed by atoms with Gasteiger partial charge < -0.3 is 10.2 Å². The van der Waals surface area contributed by atoms with E-state index in [0.29, 0.717) is 5.01 Å². The lowest BCUT2D eigenvalue weighted by atomic mass is 9.81. The molecule has 1 aromatic heterocycles. The summed E-state index contributed by atoms with van der Waals surface area (Å²) in [4.78, 5) is 15.1. The van der Waals surface area contributed by atoms with Gasteiger partial charge in [-0.2, -0.15) is 0 Å². The predicted octanol–water partition coefficient (Wildman–Crippen LogP) is 1.71. The van der Waals surface area contributed by atoms with E-state index in [1.165, 1.54) is 18.3 Å². The van der Waals surface area contributed by atoms with Crippen LogP contribution in [0.5, 0.6) is 0 Å². The van der Waals surface area contributed by atoms with Gasteiger partial charge in [0, 0.05) is 11.6 Å². The van der Waals surface area contributed by atoms with Gasteiger partial charge in [0.1, 0.15) is 10.6 Å². The van der Waals surface area contributed by atoms with Gasteiger partial charge in [-0.1, -0.05) is 13.8 Å². The number of hydrogen-bond acceptors (Lipinski definition) is 4. The molecule has 0 aromatic carbocycles. The minimum Gasteiger partial charge on any atom is -0.481 e. The molecule has 2 atom stereocenters. The molecule has 0 saturated carbocycles. The lowest BCUT2D eigenvalue weighted by molar-refractivity contribution is -0.155. The number of nitrogens with zero attached hydrogens (tertiary/aromatic N) is 1. The number of carbonyl (C=O) groups is 1. The van der Waals surface area contributed by atoms with Crippen molar-refractivity contribution in [2.75, 3.05) is 0 Å². The van der Waals surface area contributed by atoms with Crippen molar-refractivity contribution in [2.24, 2.45) is 11.8 Å². The molecule has 0 radical (unpaired) electrons. The third-order valence-electron chi connectivity index (χ3n) is 2.40. The summed E-state index contributed by atoms with van der Waals surface area (Å²) in [7, 11) is 0. The van der Waals surface area contributed by atoms with Crippen LogP contribution in [0, 0.1) is 11.8 Å². The van der Waals surface area contributed by atoms with E-state index in [-0.39, 0.29) is 5.92 Å². The van der Waals surface area contributed by atoms with Gasteiger partial charge >= 0.3 is 5.97 Å². The highest BCUT2D eigenvalue weighted by Gasteiger charge is 2.42. The SMILES string of the molecule is CC(C)C(C(=O)O)C(C)(O)c1nccs1. The summed E-state index contributed by atoms with van der Waals surface area (Å²) < 4.78 is 0. The van der Waals surface area contributed by atoms with E-state index in [1.807, 2.05) is 0 Å². The molecule has 5 heteroatoms. The van der Waals surface area contributed by atoms with Gasteiger partial charge in [-0.3, -0.25) is 4.79 Å². The molecule has 0 amide bonds. The number of hydrogen-bond donors (Lipinski definition) is 2. The van der Waals surface area contributed by atoms with Gasteiger partial charge in [0.15, 0.2) is 0 Å². The van der Waals surface area contributed by atoms with E-state index in [0.717, 1.165) is 0 Å². The van der Waals surface area contributed by atoms with Gasteiger partial charge in [-0.05, 0) is 12.8 Å². The van der Waals surface area contributed by atoms with Crippen LogP contribution in [-0.4, -0.2) is 21.2 Å². The molecule has 0 fully saturated rings. The Bertz CT molecular complexity index is 332. The second-order valence-electron chi connectivity index (χ2n) is 4.04. The average Bonchev–Trinajstić information content (AvgIpc) is 2.52. The Balaban J connectivity index is 3.07. The fraction of sp³-hybridized carbons (Fsp3) is 0.600. The van der Waals surface area contributed by atoms with Crippen LogP contribution < -0.4 is 0 Å². The van der Waals surface area contributed by atoms with Crippen LogP contribution in [0.2, 0.25) is 0 Å². The molecule has 1 heterocycles. The van der Waals surface area contributed by atoms with Crippen LogP contribution in [-0.2, 0) is 10.4 Å². The molecule has 0 saturated heterocycles. The Labute approximate surface area is 92.6 Å². The van der Waals surface area contributed by atoms with Gasteiger partial charge in [-0.25, -0.2) is 4.98 Å². The van der Waals surface area contributed by atoms with Crippen molar-refractivity contribution in [3.05, 3.63) is 16.6 Å². The summed E-state index contributed by atoms with van der Waals surface area (Å²) in [5, 5.41) is 21.5. The molecule has 2 N–H and O–H groups in total. The van der Waals surface area contributed by atoms with Crippen molar-refractivity contribution in [1.82, 2.24) is 4.98 Å². The number of carboxylic acid groups (broad SMARTS) is 1. The first-order valence-corrected chi connectivity index (χ1v) is 5.60. The Morgan fingerprint density at radius 2 is 2.20 bits per heavy atom. The van der Waals surface area contributed by atoms with Crippen molar-refractivity contribution in [2.45, 2.75) is 26.4 Å². The number of thiazole rings is 1. The fourth-order valence-electron chi connectivity index (χ4n) is 1.78. The van der Waals surface area contributed by atoms with Crippen molar-refractivity contribution < 1.29 is 15.0 Å². The zero-order valence-electron chi connectivity index (χ0n) is 8.97. The highest BCUT2D eigenvalue weighted by molar-refractivity contribution is 7.09.